The number of rotatable bonds is 7. The number of aliphatic hydroxyl groups excluding tert-OH is 1. The molecule has 1 saturated heterocycles. The van der Waals surface area contributed by atoms with Crippen molar-refractivity contribution in [1.29, 1.82) is 0 Å². The number of nitrogens with zero attached hydrogens (tertiary/aromatic N) is 1. The average Bonchev–Trinajstić information content (AvgIpc) is 2.51. The van der Waals surface area contributed by atoms with Crippen LogP contribution in [0.1, 0.15) is 46.5 Å². The Labute approximate surface area is 128 Å². The van der Waals surface area contributed by atoms with E-state index in [0.29, 0.717) is 19.5 Å². The summed E-state index contributed by atoms with van der Waals surface area (Å²) >= 11 is 0. The lowest BCUT2D eigenvalue weighted by atomic mass is 9.95. The van der Waals surface area contributed by atoms with Gasteiger partial charge in [-0.05, 0) is 31.6 Å². The van der Waals surface area contributed by atoms with Crippen LogP contribution in [0.3, 0.4) is 0 Å². The molecule has 5 heteroatoms. The van der Waals surface area contributed by atoms with Gasteiger partial charge >= 0.3 is 0 Å². The third kappa shape index (κ3) is 5.65. The summed E-state index contributed by atoms with van der Waals surface area (Å²) in [6.07, 6.45) is 3.28. The highest BCUT2D eigenvalue weighted by atomic mass is 16.3. The van der Waals surface area contributed by atoms with Crippen LogP contribution in [0.15, 0.2) is 0 Å². The SMILES string of the molecule is CCC(C)C(=O)N1CCCC(C(=O)NCC(C)CCO)C1. The molecule has 0 aliphatic carbocycles. The van der Waals surface area contributed by atoms with E-state index in [0.717, 1.165) is 25.8 Å². The zero-order valence-electron chi connectivity index (χ0n) is 13.6. The van der Waals surface area contributed by atoms with Gasteiger partial charge in [0.1, 0.15) is 0 Å². The Hall–Kier alpha value is -1.10. The predicted octanol–water partition coefficient (Wildman–Crippen LogP) is 1.41. The summed E-state index contributed by atoms with van der Waals surface area (Å²) in [7, 11) is 0. The second-order valence-electron chi connectivity index (χ2n) is 6.30. The Kier molecular flexibility index (Phi) is 7.72. The quantitative estimate of drug-likeness (QED) is 0.746. The lowest BCUT2D eigenvalue weighted by molar-refractivity contribution is -0.139. The maximum absolute atomic E-state index is 12.2. The van der Waals surface area contributed by atoms with Crippen molar-refractivity contribution in [3.63, 3.8) is 0 Å². The molecule has 0 aromatic rings. The molecule has 21 heavy (non-hydrogen) atoms. The highest BCUT2D eigenvalue weighted by Gasteiger charge is 2.29. The van der Waals surface area contributed by atoms with Gasteiger partial charge in [-0.1, -0.05) is 20.8 Å². The van der Waals surface area contributed by atoms with E-state index >= 15 is 0 Å². The number of aliphatic hydroxyl groups is 1. The molecule has 3 atom stereocenters. The molecule has 0 aromatic heterocycles. The summed E-state index contributed by atoms with van der Waals surface area (Å²) < 4.78 is 0. The Morgan fingerprint density at radius 2 is 2.10 bits per heavy atom. The van der Waals surface area contributed by atoms with E-state index in [4.69, 9.17) is 5.11 Å². The maximum Gasteiger partial charge on any atom is 0.225 e. The van der Waals surface area contributed by atoms with Gasteiger partial charge in [-0.3, -0.25) is 9.59 Å². The van der Waals surface area contributed by atoms with Crippen molar-refractivity contribution in [3.8, 4) is 0 Å². The number of amides is 2. The highest BCUT2D eigenvalue weighted by molar-refractivity contribution is 5.82. The summed E-state index contributed by atoms with van der Waals surface area (Å²) in [4.78, 5) is 26.3. The van der Waals surface area contributed by atoms with Crippen LogP contribution in [0, 0.1) is 17.8 Å². The molecule has 5 nitrogen and oxygen atoms in total. The molecule has 0 aromatic carbocycles. The highest BCUT2D eigenvalue weighted by Crippen LogP contribution is 2.19. The standard InChI is InChI=1S/C16H30N2O3/c1-4-13(3)16(21)18-8-5-6-14(11-18)15(20)17-10-12(2)7-9-19/h12-14,19H,4-11H2,1-3H3,(H,17,20). The molecular weight excluding hydrogens is 268 g/mol. The number of likely N-dealkylation sites (tertiary alicyclic amines) is 1. The first kappa shape index (κ1) is 18.0. The van der Waals surface area contributed by atoms with Crippen LogP contribution in [0.4, 0.5) is 0 Å². The van der Waals surface area contributed by atoms with Crippen molar-refractivity contribution < 1.29 is 14.7 Å². The molecule has 0 spiro atoms. The van der Waals surface area contributed by atoms with Gasteiger partial charge in [-0.15, -0.1) is 0 Å². The molecule has 122 valence electrons. The van der Waals surface area contributed by atoms with E-state index in [-0.39, 0.29) is 36.2 Å². The summed E-state index contributed by atoms with van der Waals surface area (Å²) in [6.45, 7) is 8.03. The normalized spacial score (nSPS) is 21.7. The first-order chi connectivity index (χ1) is 9.99. The van der Waals surface area contributed by atoms with E-state index in [1.165, 1.54) is 0 Å². The van der Waals surface area contributed by atoms with E-state index in [9.17, 15) is 9.59 Å². The van der Waals surface area contributed by atoms with Crippen molar-refractivity contribution in [1.82, 2.24) is 10.2 Å². The minimum atomic E-state index is -0.0897. The summed E-state index contributed by atoms with van der Waals surface area (Å²) in [6, 6.07) is 0. The largest absolute Gasteiger partial charge is 0.396 e. The van der Waals surface area contributed by atoms with E-state index in [1.807, 2.05) is 25.7 Å². The van der Waals surface area contributed by atoms with Gasteiger partial charge < -0.3 is 15.3 Å². The molecule has 1 fully saturated rings. The summed E-state index contributed by atoms with van der Waals surface area (Å²) in [5.74, 6) is 0.440. The van der Waals surface area contributed by atoms with Crippen molar-refractivity contribution in [2.45, 2.75) is 46.5 Å². The summed E-state index contributed by atoms with van der Waals surface area (Å²) in [5.41, 5.74) is 0. The van der Waals surface area contributed by atoms with E-state index < -0.39 is 0 Å². The number of carbonyl (C=O) groups excluding carboxylic acids is 2. The van der Waals surface area contributed by atoms with Crippen LogP contribution in [0.5, 0.6) is 0 Å². The van der Waals surface area contributed by atoms with Gasteiger partial charge in [0.2, 0.25) is 11.8 Å². The average molecular weight is 298 g/mol. The van der Waals surface area contributed by atoms with Crippen LogP contribution >= 0.6 is 0 Å². The van der Waals surface area contributed by atoms with Gasteiger partial charge in [0.25, 0.3) is 0 Å². The molecule has 2 amide bonds. The van der Waals surface area contributed by atoms with E-state index in [2.05, 4.69) is 5.32 Å². The zero-order chi connectivity index (χ0) is 15.8. The van der Waals surface area contributed by atoms with E-state index in [1.54, 1.807) is 0 Å². The summed E-state index contributed by atoms with van der Waals surface area (Å²) in [5, 5.41) is 11.8. The molecule has 0 saturated carbocycles. The fourth-order valence-electron chi connectivity index (χ4n) is 2.62. The molecule has 2 N–H and O–H groups in total. The molecule has 1 heterocycles. The fourth-order valence-corrected chi connectivity index (χ4v) is 2.62. The Morgan fingerprint density at radius 1 is 1.38 bits per heavy atom. The second-order valence-corrected chi connectivity index (χ2v) is 6.30. The molecule has 1 rings (SSSR count). The van der Waals surface area contributed by atoms with Crippen LogP contribution < -0.4 is 5.32 Å². The van der Waals surface area contributed by atoms with Crippen molar-refractivity contribution in [3.05, 3.63) is 0 Å². The monoisotopic (exact) mass is 298 g/mol. The molecule has 1 aliphatic rings. The Morgan fingerprint density at radius 3 is 2.71 bits per heavy atom. The molecule has 3 unspecified atom stereocenters. The number of piperidine rings is 1. The van der Waals surface area contributed by atoms with Gasteiger partial charge in [-0.25, -0.2) is 0 Å². The minimum absolute atomic E-state index is 0.0383. The number of nitrogens with one attached hydrogen (secondary N) is 1. The lowest BCUT2D eigenvalue weighted by Gasteiger charge is -2.33. The van der Waals surface area contributed by atoms with Crippen molar-refractivity contribution in [2.24, 2.45) is 17.8 Å². The molecule has 0 radical (unpaired) electrons. The number of hydrogen-bond donors (Lipinski definition) is 2. The van der Waals surface area contributed by atoms with Gasteiger partial charge in [-0.2, -0.15) is 0 Å². The number of carbonyl (C=O) groups is 2. The Bertz CT molecular complexity index is 346. The first-order valence-corrected chi connectivity index (χ1v) is 8.16. The van der Waals surface area contributed by atoms with Crippen molar-refractivity contribution in [2.75, 3.05) is 26.2 Å². The topological polar surface area (TPSA) is 69.6 Å². The first-order valence-electron chi connectivity index (χ1n) is 8.16. The lowest BCUT2D eigenvalue weighted by Crippen LogP contribution is -2.47. The Balaban J connectivity index is 2.44. The van der Waals surface area contributed by atoms with Gasteiger partial charge in [0.15, 0.2) is 0 Å². The third-order valence-corrected chi connectivity index (χ3v) is 4.38. The molecule has 0 bridgehead atoms. The van der Waals surface area contributed by atoms with Gasteiger partial charge in [0, 0.05) is 32.2 Å². The maximum atomic E-state index is 12.2. The second kappa shape index (κ2) is 9.03. The van der Waals surface area contributed by atoms with Gasteiger partial charge in [0.05, 0.1) is 5.92 Å². The number of hydrogen-bond acceptors (Lipinski definition) is 3. The van der Waals surface area contributed by atoms with Crippen LogP contribution in [0.2, 0.25) is 0 Å². The van der Waals surface area contributed by atoms with Crippen LogP contribution in [0.25, 0.3) is 0 Å². The fraction of sp³-hybridized carbons (Fsp3) is 0.875. The predicted molar refractivity (Wildman–Crippen MR) is 82.6 cm³/mol. The van der Waals surface area contributed by atoms with Crippen LogP contribution in [-0.4, -0.2) is 48.1 Å². The van der Waals surface area contributed by atoms with Crippen molar-refractivity contribution >= 4 is 11.8 Å². The minimum Gasteiger partial charge on any atom is -0.396 e. The molecule has 1 aliphatic heterocycles. The van der Waals surface area contributed by atoms with Crippen LogP contribution in [-0.2, 0) is 9.59 Å². The smallest absolute Gasteiger partial charge is 0.225 e. The zero-order valence-corrected chi connectivity index (χ0v) is 13.6. The third-order valence-electron chi connectivity index (χ3n) is 4.38. The molecular formula is C16H30N2O3.